The molecule has 0 bridgehead atoms. The summed E-state index contributed by atoms with van der Waals surface area (Å²) in [5.41, 5.74) is 0.165. The van der Waals surface area contributed by atoms with Crippen LogP contribution in [0.1, 0.15) is 27.6 Å². The number of ketones is 3. The minimum Gasteiger partial charge on any atom is -0.299 e. The number of hydrogen-bond donors (Lipinski definition) is 0. The van der Waals surface area contributed by atoms with Gasteiger partial charge in [0.15, 0.2) is 21.4 Å². The largest absolute Gasteiger partial charge is 0.299 e. The fourth-order valence-corrected chi connectivity index (χ4v) is 3.32. The summed E-state index contributed by atoms with van der Waals surface area (Å²) in [6.07, 6.45) is 1.01. The van der Waals surface area contributed by atoms with Crippen molar-refractivity contribution in [3.63, 3.8) is 0 Å². The van der Waals surface area contributed by atoms with Crippen LogP contribution in [0.25, 0.3) is 0 Å². The lowest BCUT2D eigenvalue weighted by Gasteiger charge is -2.13. The van der Waals surface area contributed by atoms with Gasteiger partial charge in [0.05, 0.1) is 9.92 Å². The Morgan fingerprint density at radius 1 is 0.960 bits per heavy atom. The molecule has 2 rings (SSSR count). The number of hydrogen-bond acceptors (Lipinski definition) is 5. The number of benzene rings is 2. The van der Waals surface area contributed by atoms with Gasteiger partial charge in [0, 0.05) is 17.4 Å². The SMILES string of the molecule is CC(=O)C(C(=O)c1ccccc1)C(=O)c1ccc(S(C)(=O)=O)cc1Cl. The molecule has 1 unspecified atom stereocenters. The molecule has 0 N–H and O–H groups in total. The lowest BCUT2D eigenvalue weighted by atomic mass is 9.87. The Bertz CT molecular complexity index is 949. The summed E-state index contributed by atoms with van der Waals surface area (Å²) in [5.74, 6) is -3.51. The van der Waals surface area contributed by atoms with Crippen LogP contribution in [-0.2, 0) is 14.6 Å². The molecule has 0 heterocycles. The molecule has 25 heavy (non-hydrogen) atoms. The molecule has 0 radical (unpaired) electrons. The highest BCUT2D eigenvalue weighted by molar-refractivity contribution is 7.90. The van der Waals surface area contributed by atoms with Crippen molar-refractivity contribution in [2.45, 2.75) is 11.8 Å². The fraction of sp³-hybridized carbons (Fsp3) is 0.167. The van der Waals surface area contributed by atoms with Crippen LogP contribution in [0.4, 0.5) is 0 Å². The van der Waals surface area contributed by atoms with Crippen molar-refractivity contribution in [3.05, 3.63) is 64.7 Å². The van der Waals surface area contributed by atoms with E-state index in [1.54, 1.807) is 18.2 Å². The van der Waals surface area contributed by atoms with Gasteiger partial charge in [-0.25, -0.2) is 8.42 Å². The first kappa shape index (κ1) is 19.0. The van der Waals surface area contributed by atoms with Gasteiger partial charge in [-0.1, -0.05) is 41.9 Å². The van der Waals surface area contributed by atoms with Crippen molar-refractivity contribution in [1.29, 1.82) is 0 Å². The Labute approximate surface area is 150 Å². The zero-order valence-electron chi connectivity index (χ0n) is 13.5. The number of sulfone groups is 1. The second-order valence-electron chi connectivity index (χ2n) is 5.55. The van der Waals surface area contributed by atoms with Gasteiger partial charge in [-0.2, -0.15) is 0 Å². The highest BCUT2D eigenvalue weighted by atomic mass is 35.5. The lowest BCUT2D eigenvalue weighted by molar-refractivity contribution is -0.118. The maximum absolute atomic E-state index is 12.7. The summed E-state index contributed by atoms with van der Waals surface area (Å²) < 4.78 is 23.1. The Balaban J connectivity index is 2.45. The molecule has 0 amide bonds. The quantitative estimate of drug-likeness (QED) is 0.569. The average molecular weight is 379 g/mol. The molecule has 2 aromatic rings. The van der Waals surface area contributed by atoms with Crippen molar-refractivity contribution >= 4 is 38.8 Å². The van der Waals surface area contributed by atoms with Gasteiger partial charge >= 0.3 is 0 Å². The molecule has 2 aromatic carbocycles. The standard InChI is InChI=1S/C18H15ClO5S/c1-11(20)16(17(21)12-6-4-3-5-7-12)18(22)14-9-8-13(10-15(14)19)25(2,23)24/h3-10,16H,1-2H3. The van der Waals surface area contributed by atoms with Gasteiger partial charge in [-0.15, -0.1) is 0 Å². The highest BCUT2D eigenvalue weighted by Gasteiger charge is 2.33. The second-order valence-corrected chi connectivity index (χ2v) is 7.97. The normalized spacial score (nSPS) is 12.4. The molecule has 0 saturated carbocycles. The van der Waals surface area contributed by atoms with Gasteiger partial charge in [0.1, 0.15) is 11.7 Å². The van der Waals surface area contributed by atoms with E-state index < -0.39 is 33.1 Å². The van der Waals surface area contributed by atoms with Crippen LogP contribution in [0.2, 0.25) is 5.02 Å². The van der Waals surface area contributed by atoms with Crippen molar-refractivity contribution in [2.24, 2.45) is 5.92 Å². The maximum Gasteiger partial charge on any atom is 0.182 e. The number of rotatable bonds is 6. The Kier molecular flexibility index (Phi) is 5.55. The summed E-state index contributed by atoms with van der Waals surface area (Å²) in [6.45, 7) is 1.15. The number of carbonyl (C=O) groups excluding carboxylic acids is 3. The molecule has 130 valence electrons. The Hall–Kier alpha value is -2.31. The number of halogens is 1. The predicted molar refractivity (Wildman–Crippen MR) is 93.8 cm³/mol. The molecule has 5 nitrogen and oxygen atoms in total. The minimum absolute atomic E-state index is 0.0530. The van der Waals surface area contributed by atoms with Crippen molar-refractivity contribution < 1.29 is 22.8 Å². The van der Waals surface area contributed by atoms with E-state index in [2.05, 4.69) is 0 Å². The van der Waals surface area contributed by atoms with E-state index in [1.807, 2.05) is 0 Å². The Morgan fingerprint density at radius 2 is 1.56 bits per heavy atom. The summed E-state index contributed by atoms with van der Waals surface area (Å²) >= 11 is 6.02. The zero-order valence-corrected chi connectivity index (χ0v) is 15.1. The smallest absolute Gasteiger partial charge is 0.182 e. The molecule has 1 atom stereocenters. The van der Waals surface area contributed by atoms with E-state index in [4.69, 9.17) is 11.6 Å². The van der Waals surface area contributed by atoms with E-state index in [0.29, 0.717) is 0 Å². The summed E-state index contributed by atoms with van der Waals surface area (Å²) in [7, 11) is -3.49. The molecule has 0 aliphatic carbocycles. The van der Waals surface area contributed by atoms with E-state index in [9.17, 15) is 22.8 Å². The molecule has 0 spiro atoms. The lowest BCUT2D eigenvalue weighted by Crippen LogP contribution is -2.31. The van der Waals surface area contributed by atoms with Crippen molar-refractivity contribution in [3.8, 4) is 0 Å². The second kappa shape index (κ2) is 7.29. The topological polar surface area (TPSA) is 85.3 Å². The minimum atomic E-state index is -3.49. The van der Waals surface area contributed by atoms with Crippen LogP contribution in [0.3, 0.4) is 0 Å². The molecular weight excluding hydrogens is 364 g/mol. The monoisotopic (exact) mass is 378 g/mol. The molecule has 0 saturated heterocycles. The predicted octanol–water partition coefficient (Wildman–Crippen LogP) is 3.01. The van der Waals surface area contributed by atoms with Gasteiger partial charge in [-0.3, -0.25) is 14.4 Å². The van der Waals surface area contributed by atoms with Gasteiger partial charge in [0.2, 0.25) is 0 Å². The van der Waals surface area contributed by atoms with E-state index in [-0.39, 0.29) is 21.0 Å². The molecule has 0 aliphatic heterocycles. The fourth-order valence-electron chi connectivity index (χ4n) is 2.34. The van der Waals surface area contributed by atoms with E-state index >= 15 is 0 Å². The molecule has 0 aliphatic rings. The number of carbonyl (C=O) groups is 3. The maximum atomic E-state index is 12.7. The zero-order chi connectivity index (χ0) is 18.8. The van der Waals surface area contributed by atoms with Crippen LogP contribution in [0, 0.1) is 5.92 Å². The van der Waals surface area contributed by atoms with Crippen molar-refractivity contribution in [1.82, 2.24) is 0 Å². The van der Waals surface area contributed by atoms with Crippen LogP contribution in [-0.4, -0.2) is 32.0 Å². The van der Waals surface area contributed by atoms with Crippen LogP contribution in [0.15, 0.2) is 53.4 Å². The highest BCUT2D eigenvalue weighted by Crippen LogP contribution is 2.25. The first-order valence-corrected chi connectivity index (χ1v) is 9.53. The van der Waals surface area contributed by atoms with Crippen LogP contribution >= 0.6 is 11.6 Å². The molecule has 7 heteroatoms. The molecular formula is C18H15ClO5S. The van der Waals surface area contributed by atoms with Crippen LogP contribution < -0.4 is 0 Å². The van der Waals surface area contributed by atoms with Gasteiger partial charge < -0.3 is 0 Å². The summed E-state index contributed by atoms with van der Waals surface area (Å²) in [5, 5.41) is -0.125. The molecule has 0 aromatic heterocycles. The first-order chi connectivity index (χ1) is 11.6. The van der Waals surface area contributed by atoms with E-state index in [0.717, 1.165) is 19.2 Å². The van der Waals surface area contributed by atoms with E-state index in [1.165, 1.54) is 24.3 Å². The van der Waals surface area contributed by atoms with Gasteiger partial charge in [-0.05, 0) is 25.1 Å². The molecule has 0 fully saturated rings. The van der Waals surface area contributed by atoms with Gasteiger partial charge in [0.25, 0.3) is 0 Å². The Morgan fingerprint density at radius 3 is 2.04 bits per heavy atom. The third-order valence-corrected chi connectivity index (χ3v) is 5.05. The first-order valence-electron chi connectivity index (χ1n) is 7.26. The van der Waals surface area contributed by atoms with Crippen LogP contribution in [0.5, 0.6) is 0 Å². The van der Waals surface area contributed by atoms with Crippen molar-refractivity contribution in [2.75, 3.05) is 6.26 Å². The third-order valence-electron chi connectivity index (χ3n) is 3.62. The average Bonchev–Trinajstić information content (AvgIpc) is 2.54. The summed E-state index contributed by atoms with van der Waals surface area (Å²) in [6, 6.07) is 11.6. The third kappa shape index (κ3) is 4.21. The number of Topliss-reactive ketones (excluding diaryl/α,β-unsaturated/α-hetero) is 3. The summed E-state index contributed by atoms with van der Waals surface area (Å²) in [4.78, 5) is 37.1.